The van der Waals surface area contributed by atoms with Gasteiger partial charge in [-0.05, 0) is 24.7 Å². The van der Waals surface area contributed by atoms with Crippen molar-refractivity contribution in [3.8, 4) is 0 Å². The summed E-state index contributed by atoms with van der Waals surface area (Å²) in [4.78, 5) is 6.72. The molecule has 2 rings (SSSR count). The first-order valence-electron chi connectivity index (χ1n) is 8.98. The van der Waals surface area contributed by atoms with E-state index < -0.39 is 10.0 Å². The quantitative estimate of drug-likeness (QED) is 0.673. The smallest absolute Gasteiger partial charge is 0.213 e. The minimum Gasteiger partial charge on any atom is -0.384 e. The first-order chi connectivity index (χ1) is 12.3. The van der Waals surface area contributed by atoms with Crippen LogP contribution in [0.4, 0.5) is 5.69 Å². The average molecular weight is 385 g/mol. The molecule has 148 valence electrons. The zero-order valence-corrected chi connectivity index (χ0v) is 17.1. The normalized spacial score (nSPS) is 18.0. The molecule has 8 heteroatoms. The molecular formula is C18H32N4O3S. The second-order valence-corrected chi connectivity index (χ2v) is 8.93. The molecule has 1 aliphatic rings. The molecule has 0 saturated carbocycles. The van der Waals surface area contributed by atoms with E-state index in [1.165, 1.54) is 7.11 Å². The van der Waals surface area contributed by atoms with Crippen molar-refractivity contribution in [2.24, 2.45) is 0 Å². The molecule has 0 aromatic heterocycles. The highest BCUT2D eigenvalue weighted by Crippen LogP contribution is 2.24. The average Bonchev–Trinajstić information content (AvgIpc) is 2.62. The fourth-order valence-corrected chi connectivity index (χ4v) is 4.00. The second kappa shape index (κ2) is 9.66. The number of rotatable bonds is 9. The zero-order valence-electron chi connectivity index (χ0n) is 16.3. The Morgan fingerprint density at radius 3 is 2.31 bits per heavy atom. The Hall–Kier alpha value is -1.19. The maximum absolute atomic E-state index is 12.2. The summed E-state index contributed by atoms with van der Waals surface area (Å²) in [5.41, 5.74) is 2.26. The molecule has 7 nitrogen and oxygen atoms in total. The van der Waals surface area contributed by atoms with Crippen molar-refractivity contribution >= 4 is 15.7 Å². The van der Waals surface area contributed by atoms with Crippen LogP contribution in [0.5, 0.6) is 0 Å². The summed E-state index contributed by atoms with van der Waals surface area (Å²) < 4.78 is 32.0. The third kappa shape index (κ3) is 6.21. The fourth-order valence-electron chi connectivity index (χ4n) is 3.06. The molecule has 1 fully saturated rings. The van der Waals surface area contributed by atoms with Gasteiger partial charge in [0.1, 0.15) is 0 Å². The van der Waals surface area contributed by atoms with E-state index in [4.69, 9.17) is 4.74 Å². The lowest BCUT2D eigenvalue weighted by molar-refractivity contribution is 0.113. The number of hydrogen-bond acceptors (Lipinski definition) is 6. The Balaban J connectivity index is 2.13. The first kappa shape index (κ1) is 21.1. The number of anilines is 1. The van der Waals surface area contributed by atoms with Crippen molar-refractivity contribution in [3.63, 3.8) is 0 Å². The van der Waals surface area contributed by atoms with Gasteiger partial charge in [-0.25, -0.2) is 13.1 Å². The summed E-state index contributed by atoms with van der Waals surface area (Å²) in [7, 11) is 4.31. The minimum absolute atomic E-state index is 0.0154. The molecular weight excluding hydrogens is 352 g/mol. The van der Waals surface area contributed by atoms with Crippen LogP contribution in [0.3, 0.4) is 0 Å². The molecule has 1 unspecified atom stereocenters. The standard InChI is InChI=1S/C18H32N4O3S/c1-20(2)17-7-5-16(6-8-17)18(22-11-9-21(3)10-12-22)15-19-26(23,24)14-13-25-4/h5-8,18-19H,9-15H2,1-4H3. The van der Waals surface area contributed by atoms with Gasteiger partial charge in [0, 0.05) is 65.7 Å². The van der Waals surface area contributed by atoms with Crippen molar-refractivity contribution in [1.82, 2.24) is 14.5 Å². The highest BCUT2D eigenvalue weighted by atomic mass is 32.2. The monoisotopic (exact) mass is 384 g/mol. The zero-order chi connectivity index (χ0) is 19.2. The van der Waals surface area contributed by atoms with Crippen molar-refractivity contribution in [2.45, 2.75) is 6.04 Å². The predicted molar refractivity (Wildman–Crippen MR) is 106 cm³/mol. The Morgan fingerprint density at radius 2 is 1.77 bits per heavy atom. The molecule has 1 aliphatic heterocycles. The molecule has 1 atom stereocenters. The van der Waals surface area contributed by atoms with Crippen LogP contribution in [-0.2, 0) is 14.8 Å². The summed E-state index contributed by atoms with van der Waals surface area (Å²) in [6, 6.07) is 8.39. The van der Waals surface area contributed by atoms with Gasteiger partial charge in [0.25, 0.3) is 0 Å². The summed E-state index contributed by atoms with van der Waals surface area (Å²) in [6.07, 6.45) is 0. The van der Waals surface area contributed by atoms with Crippen LogP contribution in [0.1, 0.15) is 11.6 Å². The highest BCUT2D eigenvalue weighted by molar-refractivity contribution is 7.89. The van der Waals surface area contributed by atoms with Gasteiger partial charge in [-0.3, -0.25) is 4.90 Å². The molecule has 0 radical (unpaired) electrons. The third-order valence-corrected chi connectivity index (χ3v) is 6.14. The Labute approximate surface area is 158 Å². The first-order valence-corrected chi connectivity index (χ1v) is 10.6. The topological polar surface area (TPSA) is 65.1 Å². The minimum atomic E-state index is -3.34. The number of benzene rings is 1. The van der Waals surface area contributed by atoms with E-state index in [0.29, 0.717) is 6.54 Å². The van der Waals surface area contributed by atoms with Crippen molar-refractivity contribution < 1.29 is 13.2 Å². The molecule has 0 spiro atoms. The van der Waals surface area contributed by atoms with E-state index in [1.54, 1.807) is 0 Å². The van der Waals surface area contributed by atoms with Gasteiger partial charge in [-0.15, -0.1) is 0 Å². The van der Waals surface area contributed by atoms with Crippen LogP contribution in [0, 0.1) is 0 Å². The van der Waals surface area contributed by atoms with Crippen molar-refractivity contribution in [1.29, 1.82) is 0 Å². The van der Waals surface area contributed by atoms with E-state index >= 15 is 0 Å². The fraction of sp³-hybridized carbons (Fsp3) is 0.667. The van der Waals surface area contributed by atoms with Gasteiger partial charge in [-0.1, -0.05) is 12.1 Å². The predicted octanol–water partition coefficient (Wildman–Crippen LogP) is 0.607. The Bertz CT molecular complexity index is 641. The van der Waals surface area contributed by atoms with E-state index in [1.807, 2.05) is 14.1 Å². The van der Waals surface area contributed by atoms with E-state index in [9.17, 15) is 8.42 Å². The number of hydrogen-bond donors (Lipinski definition) is 1. The number of ether oxygens (including phenoxy) is 1. The van der Waals surface area contributed by atoms with Gasteiger partial charge < -0.3 is 14.5 Å². The lowest BCUT2D eigenvalue weighted by atomic mass is 10.0. The number of nitrogens with one attached hydrogen (secondary N) is 1. The molecule has 1 aromatic rings. The summed E-state index contributed by atoms with van der Waals surface area (Å²) in [6.45, 7) is 4.40. The molecule has 0 amide bonds. The van der Waals surface area contributed by atoms with Gasteiger partial charge in [-0.2, -0.15) is 0 Å². The summed E-state index contributed by atoms with van der Waals surface area (Å²) in [5.74, 6) is -0.0154. The van der Waals surface area contributed by atoms with Crippen molar-refractivity contribution in [2.75, 3.05) is 78.2 Å². The van der Waals surface area contributed by atoms with Crippen LogP contribution in [0.25, 0.3) is 0 Å². The van der Waals surface area contributed by atoms with Crippen LogP contribution in [0.2, 0.25) is 0 Å². The molecule has 26 heavy (non-hydrogen) atoms. The van der Waals surface area contributed by atoms with Crippen molar-refractivity contribution in [3.05, 3.63) is 29.8 Å². The molecule has 0 bridgehead atoms. The second-order valence-electron chi connectivity index (χ2n) is 7.00. The molecule has 1 N–H and O–H groups in total. The number of nitrogens with zero attached hydrogens (tertiary/aromatic N) is 3. The van der Waals surface area contributed by atoms with Crippen LogP contribution >= 0.6 is 0 Å². The Morgan fingerprint density at radius 1 is 1.15 bits per heavy atom. The van der Waals surface area contributed by atoms with Gasteiger partial charge in [0.2, 0.25) is 10.0 Å². The number of piperazine rings is 1. The number of likely N-dealkylation sites (N-methyl/N-ethyl adjacent to an activating group) is 1. The number of sulfonamides is 1. The van der Waals surface area contributed by atoms with Crippen LogP contribution in [-0.4, -0.2) is 91.6 Å². The third-order valence-electron chi connectivity index (χ3n) is 4.83. The van der Waals surface area contributed by atoms with Gasteiger partial charge >= 0.3 is 0 Å². The molecule has 1 saturated heterocycles. The van der Waals surface area contributed by atoms with Crippen LogP contribution < -0.4 is 9.62 Å². The summed E-state index contributed by atoms with van der Waals surface area (Å²) in [5, 5.41) is 0. The maximum atomic E-state index is 12.2. The molecule has 1 aromatic carbocycles. The lowest BCUT2D eigenvalue weighted by Crippen LogP contribution is -2.48. The number of methoxy groups -OCH3 is 1. The van der Waals surface area contributed by atoms with Gasteiger partial charge in [0.05, 0.1) is 12.4 Å². The van der Waals surface area contributed by atoms with E-state index in [-0.39, 0.29) is 18.4 Å². The molecule has 0 aliphatic carbocycles. The largest absolute Gasteiger partial charge is 0.384 e. The SMILES string of the molecule is COCCS(=O)(=O)NCC(c1ccc(N(C)C)cc1)N1CCN(C)CC1. The van der Waals surface area contributed by atoms with E-state index in [0.717, 1.165) is 37.4 Å². The van der Waals surface area contributed by atoms with Gasteiger partial charge in [0.15, 0.2) is 0 Å². The highest BCUT2D eigenvalue weighted by Gasteiger charge is 2.25. The Kier molecular flexibility index (Phi) is 7.85. The molecule has 1 heterocycles. The maximum Gasteiger partial charge on any atom is 0.213 e. The summed E-state index contributed by atoms with van der Waals surface area (Å²) >= 11 is 0. The van der Waals surface area contributed by atoms with E-state index in [2.05, 4.69) is 50.7 Å². The van der Waals surface area contributed by atoms with Crippen LogP contribution in [0.15, 0.2) is 24.3 Å². The lowest BCUT2D eigenvalue weighted by Gasteiger charge is -2.38.